The number of carbonyl (C=O) groups is 2. The number of nitrogens with zero attached hydrogens (tertiary/aromatic N) is 2. The molecule has 0 bridgehead atoms. The van der Waals surface area contributed by atoms with Crippen molar-refractivity contribution in [3.63, 3.8) is 0 Å². The lowest BCUT2D eigenvalue weighted by molar-refractivity contribution is -0.117. The van der Waals surface area contributed by atoms with Crippen molar-refractivity contribution in [2.45, 2.75) is 6.92 Å². The van der Waals surface area contributed by atoms with Gasteiger partial charge in [-0.1, -0.05) is 12.1 Å². The first-order valence-electron chi connectivity index (χ1n) is 5.81. The summed E-state index contributed by atoms with van der Waals surface area (Å²) in [6, 6.07) is 8.75. The van der Waals surface area contributed by atoms with Crippen LogP contribution in [0.3, 0.4) is 0 Å². The fourth-order valence-corrected chi connectivity index (χ4v) is 1.66. The summed E-state index contributed by atoms with van der Waals surface area (Å²) in [5, 5.41) is 11.5. The predicted octanol–water partition coefficient (Wildman–Crippen LogP) is 1.94. The molecule has 0 saturated carbocycles. The molecule has 100 valence electrons. The molecule has 1 atom stereocenters. The molecule has 1 heterocycles. The van der Waals surface area contributed by atoms with Gasteiger partial charge in [-0.25, -0.2) is 4.98 Å². The first kappa shape index (κ1) is 13.5. The van der Waals surface area contributed by atoms with E-state index in [1.807, 2.05) is 13.0 Å². The monoisotopic (exact) mass is 269 g/mol. The van der Waals surface area contributed by atoms with E-state index in [0.717, 1.165) is 18.2 Å². The van der Waals surface area contributed by atoms with Crippen LogP contribution in [0.2, 0.25) is 0 Å². The number of Topliss-reactive ketones (excluding diaryl/α,β-unsaturated/α-hetero) is 1. The predicted molar refractivity (Wildman–Crippen MR) is 69.7 cm³/mol. The number of anilines is 1. The quantitative estimate of drug-likeness (QED) is 0.676. The van der Waals surface area contributed by atoms with Crippen molar-refractivity contribution in [2.75, 3.05) is 5.32 Å². The Labute approximate surface area is 115 Å². The third-order valence-electron chi connectivity index (χ3n) is 2.62. The van der Waals surface area contributed by atoms with Crippen LogP contribution in [0.1, 0.15) is 16.1 Å². The van der Waals surface area contributed by atoms with Gasteiger partial charge >= 0.3 is 0 Å². The normalized spacial score (nSPS) is 11.4. The van der Waals surface area contributed by atoms with Gasteiger partial charge in [0.2, 0.25) is 11.7 Å². The summed E-state index contributed by atoms with van der Waals surface area (Å²) in [4.78, 5) is 27.5. The van der Waals surface area contributed by atoms with E-state index in [1.54, 1.807) is 24.3 Å². The molecule has 0 saturated heterocycles. The van der Waals surface area contributed by atoms with Crippen molar-refractivity contribution < 1.29 is 14.0 Å². The Bertz CT molecular complexity index is 671. The van der Waals surface area contributed by atoms with Gasteiger partial charge in [-0.05, 0) is 24.6 Å². The first-order valence-corrected chi connectivity index (χ1v) is 5.81. The average molecular weight is 269 g/mol. The molecule has 0 fully saturated rings. The average Bonchev–Trinajstić information content (AvgIpc) is 2.93. The van der Waals surface area contributed by atoms with Crippen molar-refractivity contribution in [1.29, 1.82) is 5.26 Å². The molecule has 6 nitrogen and oxygen atoms in total. The molecule has 0 aliphatic heterocycles. The van der Waals surface area contributed by atoms with Gasteiger partial charge in [0.05, 0.1) is 6.07 Å². The van der Waals surface area contributed by atoms with Crippen molar-refractivity contribution in [3.05, 3.63) is 48.2 Å². The molecular weight excluding hydrogens is 258 g/mol. The summed E-state index contributed by atoms with van der Waals surface area (Å²) in [7, 11) is 0. The number of carbonyl (C=O) groups excluding carboxylic acids is 2. The standard InChI is InChI=1S/C14H11N3O3/c1-9-3-2-4-10(5-9)17-14(19)11(6-15)13(18)12-7-20-8-16-12/h2-5,7-8,11H,1H3,(H,17,19)/t11-/m1/s1. The molecule has 0 radical (unpaired) electrons. The highest BCUT2D eigenvalue weighted by molar-refractivity contribution is 6.14. The zero-order valence-electron chi connectivity index (χ0n) is 10.7. The number of aromatic nitrogens is 1. The molecule has 0 aliphatic rings. The minimum Gasteiger partial charge on any atom is -0.451 e. The Morgan fingerprint density at radius 2 is 2.25 bits per heavy atom. The molecule has 6 heteroatoms. The van der Waals surface area contributed by atoms with Crippen LogP contribution in [0, 0.1) is 24.2 Å². The van der Waals surface area contributed by atoms with E-state index in [4.69, 9.17) is 5.26 Å². The van der Waals surface area contributed by atoms with Crippen molar-refractivity contribution >= 4 is 17.4 Å². The minimum absolute atomic E-state index is 0.0454. The van der Waals surface area contributed by atoms with E-state index in [1.165, 1.54) is 0 Å². The summed E-state index contributed by atoms with van der Waals surface area (Å²) in [6.07, 6.45) is 2.17. The van der Waals surface area contributed by atoms with Crippen LogP contribution in [0.4, 0.5) is 5.69 Å². The van der Waals surface area contributed by atoms with Gasteiger partial charge in [-0.15, -0.1) is 0 Å². The van der Waals surface area contributed by atoms with Crippen LogP contribution in [-0.2, 0) is 4.79 Å². The molecule has 1 N–H and O–H groups in total. The number of hydrogen-bond acceptors (Lipinski definition) is 5. The topological polar surface area (TPSA) is 96.0 Å². The molecule has 1 aromatic heterocycles. The molecule has 0 unspecified atom stereocenters. The second-order valence-electron chi connectivity index (χ2n) is 4.16. The molecular formula is C14H11N3O3. The number of rotatable bonds is 4. The zero-order valence-corrected chi connectivity index (χ0v) is 10.7. The fraction of sp³-hybridized carbons (Fsp3) is 0.143. The van der Waals surface area contributed by atoms with E-state index >= 15 is 0 Å². The van der Waals surface area contributed by atoms with E-state index in [2.05, 4.69) is 14.7 Å². The number of benzene rings is 1. The lowest BCUT2D eigenvalue weighted by atomic mass is 10.0. The van der Waals surface area contributed by atoms with Gasteiger partial charge in [0.1, 0.15) is 12.0 Å². The van der Waals surface area contributed by atoms with E-state index in [0.29, 0.717) is 5.69 Å². The minimum atomic E-state index is -1.46. The Morgan fingerprint density at radius 1 is 1.45 bits per heavy atom. The third-order valence-corrected chi connectivity index (χ3v) is 2.62. The molecule has 1 aromatic carbocycles. The van der Waals surface area contributed by atoms with Crippen molar-refractivity contribution in [3.8, 4) is 6.07 Å². The highest BCUT2D eigenvalue weighted by Crippen LogP contribution is 2.13. The maximum atomic E-state index is 12.0. The van der Waals surface area contributed by atoms with Crippen LogP contribution in [0.25, 0.3) is 0 Å². The molecule has 0 spiro atoms. The molecule has 2 aromatic rings. The third kappa shape index (κ3) is 2.90. The fourth-order valence-electron chi connectivity index (χ4n) is 1.66. The molecule has 20 heavy (non-hydrogen) atoms. The Hall–Kier alpha value is -2.94. The zero-order chi connectivity index (χ0) is 14.5. The van der Waals surface area contributed by atoms with Gasteiger partial charge in [0.15, 0.2) is 12.3 Å². The Kier molecular flexibility index (Phi) is 3.91. The highest BCUT2D eigenvalue weighted by atomic mass is 16.3. The second-order valence-corrected chi connectivity index (χ2v) is 4.16. The molecule has 1 amide bonds. The van der Waals surface area contributed by atoms with E-state index in [9.17, 15) is 9.59 Å². The smallest absolute Gasteiger partial charge is 0.249 e. The number of amides is 1. The molecule has 0 aliphatic carbocycles. The summed E-state index contributed by atoms with van der Waals surface area (Å²) >= 11 is 0. The van der Waals surface area contributed by atoms with Gasteiger partial charge in [-0.2, -0.15) is 5.26 Å². The number of hydrogen-bond donors (Lipinski definition) is 1. The lowest BCUT2D eigenvalue weighted by Gasteiger charge is -2.08. The van der Waals surface area contributed by atoms with Crippen molar-refractivity contribution in [1.82, 2.24) is 4.98 Å². The SMILES string of the molecule is Cc1cccc(NC(=O)[C@H](C#N)C(=O)c2cocn2)c1. The maximum absolute atomic E-state index is 12.0. The summed E-state index contributed by atoms with van der Waals surface area (Å²) in [5.41, 5.74) is 1.44. The highest BCUT2D eigenvalue weighted by Gasteiger charge is 2.29. The largest absolute Gasteiger partial charge is 0.451 e. The van der Waals surface area contributed by atoms with Crippen LogP contribution in [0.15, 0.2) is 41.3 Å². The van der Waals surface area contributed by atoms with Gasteiger partial charge in [-0.3, -0.25) is 9.59 Å². The van der Waals surface area contributed by atoms with Crippen LogP contribution >= 0.6 is 0 Å². The number of nitrogens with one attached hydrogen (secondary N) is 1. The summed E-state index contributed by atoms with van der Waals surface area (Å²) in [6.45, 7) is 1.87. The van der Waals surface area contributed by atoms with Crippen molar-refractivity contribution in [2.24, 2.45) is 5.92 Å². The second kappa shape index (κ2) is 5.80. The van der Waals surface area contributed by atoms with Crippen LogP contribution in [0.5, 0.6) is 0 Å². The number of nitriles is 1. The number of aryl methyl sites for hydroxylation is 1. The van der Waals surface area contributed by atoms with Gasteiger partial charge in [0.25, 0.3) is 0 Å². The van der Waals surface area contributed by atoms with E-state index in [-0.39, 0.29) is 5.69 Å². The Balaban J connectivity index is 2.14. The maximum Gasteiger partial charge on any atom is 0.249 e. The Morgan fingerprint density at radius 3 is 2.85 bits per heavy atom. The lowest BCUT2D eigenvalue weighted by Crippen LogP contribution is -2.28. The van der Waals surface area contributed by atoms with Crippen LogP contribution < -0.4 is 5.32 Å². The molecule has 2 rings (SSSR count). The first-order chi connectivity index (χ1) is 9.61. The number of oxazole rings is 1. The van der Waals surface area contributed by atoms with Gasteiger partial charge in [0, 0.05) is 5.69 Å². The summed E-state index contributed by atoms with van der Waals surface area (Å²) < 4.78 is 4.67. The summed E-state index contributed by atoms with van der Waals surface area (Å²) in [5.74, 6) is -2.84. The number of ketones is 1. The van der Waals surface area contributed by atoms with Crippen LogP contribution in [-0.4, -0.2) is 16.7 Å². The van der Waals surface area contributed by atoms with Gasteiger partial charge < -0.3 is 9.73 Å². The van der Waals surface area contributed by atoms with E-state index < -0.39 is 17.6 Å².